The van der Waals surface area contributed by atoms with E-state index in [0.29, 0.717) is 5.56 Å². The smallest absolute Gasteiger partial charge is 0.126 e. The van der Waals surface area contributed by atoms with Gasteiger partial charge in [0, 0.05) is 32.2 Å². The molecule has 0 bridgehead atoms. The van der Waals surface area contributed by atoms with E-state index in [1.165, 1.54) is 12.1 Å². The minimum atomic E-state index is -0.527. The van der Waals surface area contributed by atoms with Gasteiger partial charge in [-0.1, -0.05) is 30.3 Å². The molecule has 4 heteroatoms. The van der Waals surface area contributed by atoms with Crippen molar-refractivity contribution >= 4 is 0 Å². The Morgan fingerprint density at radius 1 is 0.857 bits per heavy atom. The summed E-state index contributed by atoms with van der Waals surface area (Å²) in [5.41, 5.74) is 1.73. The van der Waals surface area contributed by atoms with Crippen LogP contribution < -0.4 is 5.32 Å². The molecule has 0 amide bonds. The normalized spacial score (nSPS) is 17.6. The Kier molecular flexibility index (Phi) is 4.27. The van der Waals surface area contributed by atoms with Crippen molar-refractivity contribution < 1.29 is 8.78 Å². The van der Waals surface area contributed by atoms with Crippen molar-refractivity contribution in [2.24, 2.45) is 0 Å². The van der Waals surface area contributed by atoms with Crippen LogP contribution in [0.2, 0.25) is 0 Å². The highest BCUT2D eigenvalue weighted by atomic mass is 19.1. The van der Waals surface area contributed by atoms with Crippen LogP contribution in [-0.2, 0) is 0 Å². The summed E-state index contributed by atoms with van der Waals surface area (Å²) >= 11 is 0. The number of nitrogens with one attached hydrogen (secondary N) is 1. The third-order valence-electron chi connectivity index (χ3n) is 3.83. The van der Waals surface area contributed by atoms with Crippen molar-refractivity contribution in [3.63, 3.8) is 0 Å². The molecule has 0 radical (unpaired) electrons. The molecule has 1 saturated heterocycles. The molecule has 1 unspecified atom stereocenters. The summed E-state index contributed by atoms with van der Waals surface area (Å²) in [4.78, 5) is 2.26. The molecule has 3 rings (SSSR count). The molecule has 1 fully saturated rings. The van der Waals surface area contributed by atoms with Gasteiger partial charge in [-0.3, -0.25) is 4.90 Å². The van der Waals surface area contributed by atoms with Crippen LogP contribution in [0.15, 0.2) is 48.5 Å². The van der Waals surface area contributed by atoms with Gasteiger partial charge >= 0.3 is 0 Å². The van der Waals surface area contributed by atoms with Gasteiger partial charge in [0.1, 0.15) is 11.6 Å². The Bertz CT molecular complexity index is 575. The summed E-state index contributed by atoms with van der Waals surface area (Å²) in [7, 11) is 0. The lowest BCUT2D eigenvalue weighted by Gasteiger charge is -2.35. The van der Waals surface area contributed by atoms with Crippen LogP contribution in [0, 0.1) is 11.6 Å². The molecule has 0 spiro atoms. The fourth-order valence-corrected chi connectivity index (χ4v) is 2.92. The van der Waals surface area contributed by atoms with Crippen LogP contribution in [0.4, 0.5) is 8.78 Å². The van der Waals surface area contributed by atoms with Gasteiger partial charge in [-0.2, -0.15) is 0 Å². The van der Waals surface area contributed by atoms with Gasteiger partial charge in [0.15, 0.2) is 0 Å². The largest absolute Gasteiger partial charge is 0.314 e. The molecule has 0 aromatic heterocycles. The number of halogens is 2. The summed E-state index contributed by atoms with van der Waals surface area (Å²) < 4.78 is 27.2. The number of benzene rings is 2. The zero-order valence-electron chi connectivity index (χ0n) is 11.7. The average molecular weight is 288 g/mol. The highest BCUT2D eigenvalue weighted by Gasteiger charge is 2.24. The molecule has 1 aliphatic rings. The molecule has 1 aliphatic heterocycles. The zero-order valence-corrected chi connectivity index (χ0v) is 11.7. The quantitative estimate of drug-likeness (QED) is 0.934. The lowest BCUT2D eigenvalue weighted by Crippen LogP contribution is -2.45. The highest BCUT2D eigenvalue weighted by Crippen LogP contribution is 2.29. The summed E-state index contributed by atoms with van der Waals surface area (Å²) in [5.74, 6) is -1.05. The second-order valence-electron chi connectivity index (χ2n) is 5.30. The maximum Gasteiger partial charge on any atom is 0.126 e. The third-order valence-corrected chi connectivity index (χ3v) is 3.83. The van der Waals surface area contributed by atoms with Crippen LogP contribution in [0.1, 0.15) is 17.2 Å². The molecule has 2 aromatic rings. The molecule has 1 N–H and O–H groups in total. The fraction of sp³-hybridized carbons (Fsp3) is 0.294. The first-order chi connectivity index (χ1) is 10.2. The Balaban J connectivity index is 2.02. The van der Waals surface area contributed by atoms with E-state index in [2.05, 4.69) is 10.2 Å². The minimum Gasteiger partial charge on any atom is -0.314 e. The second kappa shape index (κ2) is 6.33. The van der Waals surface area contributed by atoms with Crippen LogP contribution in [0.25, 0.3) is 0 Å². The number of rotatable bonds is 3. The van der Waals surface area contributed by atoms with Crippen LogP contribution >= 0.6 is 0 Å². The fourth-order valence-electron chi connectivity index (χ4n) is 2.92. The molecule has 2 aromatic carbocycles. The highest BCUT2D eigenvalue weighted by molar-refractivity contribution is 5.32. The number of piperazine rings is 1. The monoisotopic (exact) mass is 288 g/mol. The Morgan fingerprint density at radius 2 is 1.48 bits per heavy atom. The maximum atomic E-state index is 13.6. The average Bonchev–Trinajstić information content (AvgIpc) is 2.49. The molecule has 110 valence electrons. The van der Waals surface area contributed by atoms with Crippen molar-refractivity contribution in [2.45, 2.75) is 6.04 Å². The predicted octanol–water partition coefficient (Wildman–Crippen LogP) is 2.96. The van der Waals surface area contributed by atoms with Crippen LogP contribution in [0.5, 0.6) is 0 Å². The molecule has 1 heterocycles. The van der Waals surface area contributed by atoms with Gasteiger partial charge < -0.3 is 5.32 Å². The molecule has 21 heavy (non-hydrogen) atoms. The van der Waals surface area contributed by atoms with E-state index >= 15 is 0 Å². The van der Waals surface area contributed by atoms with E-state index in [0.717, 1.165) is 37.8 Å². The Morgan fingerprint density at radius 3 is 2.10 bits per heavy atom. The van der Waals surface area contributed by atoms with Crippen LogP contribution in [0.3, 0.4) is 0 Å². The molecule has 2 nitrogen and oxygen atoms in total. The van der Waals surface area contributed by atoms with Crippen molar-refractivity contribution in [1.29, 1.82) is 0 Å². The van der Waals surface area contributed by atoms with E-state index in [4.69, 9.17) is 0 Å². The van der Waals surface area contributed by atoms with E-state index in [-0.39, 0.29) is 6.04 Å². The summed E-state index contributed by atoms with van der Waals surface area (Å²) in [6, 6.07) is 13.6. The maximum absolute atomic E-state index is 13.6. The second-order valence-corrected chi connectivity index (χ2v) is 5.30. The van der Waals surface area contributed by atoms with E-state index in [1.807, 2.05) is 30.3 Å². The van der Waals surface area contributed by atoms with Gasteiger partial charge in [0.2, 0.25) is 0 Å². The van der Waals surface area contributed by atoms with Gasteiger partial charge in [-0.05, 0) is 23.3 Å². The molecule has 0 aliphatic carbocycles. The van der Waals surface area contributed by atoms with Crippen molar-refractivity contribution in [3.05, 3.63) is 71.3 Å². The third kappa shape index (κ3) is 3.28. The first-order valence-corrected chi connectivity index (χ1v) is 7.20. The Labute approximate surface area is 123 Å². The lowest BCUT2D eigenvalue weighted by molar-refractivity contribution is 0.198. The van der Waals surface area contributed by atoms with Gasteiger partial charge in [-0.25, -0.2) is 8.78 Å². The van der Waals surface area contributed by atoms with Crippen molar-refractivity contribution in [1.82, 2.24) is 10.2 Å². The summed E-state index contributed by atoms with van der Waals surface area (Å²) in [5, 5.41) is 3.31. The number of hydrogen-bond acceptors (Lipinski definition) is 2. The first kappa shape index (κ1) is 14.2. The van der Waals surface area contributed by atoms with E-state index in [9.17, 15) is 8.78 Å². The SMILES string of the molecule is Fc1cc(F)cc(C(c2ccccc2)N2CCNCC2)c1. The Hall–Kier alpha value is -1.78. The van der Waals surface area contributed by atoms with Crippen LogP contribution in [-0.4, -0.2) is 31.1 Å². The molecular formula is C17H18F2N2. The van der Waals surface area contributed by atoms with Crippen molar-refractivity contribution in [2.75, 3.05) is 26.2 Å². The van der Waals surface area contributed by atoms with E-state index in [1.54, 1.807) is 0 Å². The molecule has 0 saturated carbocycles. The molecular weight excluding hydrogens is 270 g/mol. The predicted molar refractivity (Wildman–Crippen MR) is 79.1 cm³/mol. The van der Waals surface area contributed by atoms with Gasteiger partial charge in [0.05, 0.1) is 6.04 Å². The standard InChI is InChI=1S/C17H18F2N2/c18-15-10-14(11-16(19)12-15)17(13-4-2-1-3-5-13)21-8-6-20-7-9-21/h1-5,10-12,17,20H,6-9H2. The van der Waals surface area contributed by atoms with E-state index < -0.39 is 11.6 Å². The first-order valence-electron chi connectivity index (χ1n) is 7.20. The van der Waals surface area contributed by atoms with Gasteiger partial charge in [-0.15, -0.1) is 0 Å². The van der Waals surface area contributed by atoms with Gasteiger partial charge in [0.25, 0.3) is 0 Å². The minimum absolute atomic E-state index is 0.113. The van der Waals surface area contributed by atoms with Crippen molar-refractivity contribution in [3.8, 4) is 0 Å². The summed E-state index contributed by atoms with van der Waals surface area (Å²) in [6.45, 7) is 3.50. The lowest BCUT2D eigenvalue weighted by atomic mass is 9.96. The topological polar surface area (TPSA) is 15.3 Å². The number of nitrogens with zero attached hydrogens (tertiary/aromatic N) is 1. The summed E-state index contributed by atoms with van der Waals surface area (Å²) in [6.07, 6.45) is 0. The zero-order chi connectivity index (χ0) is 14.7. The molecule has 1 atom stereocenters. The number of hydrogen-bond donors (Lipinski definition) is 1.